The van der Waals surface area contributed by atoms with Gasteiger partial charge in [-0.1, -0.05) is 6.58 Å². The third kappa shape index (κ3) is 65.7. The van der Waals surface area contributed by atoms with Gasteiger partial charge >= 0.3 is 0 Å². The molecule has 3 nitrogen and oxygen atoms in total. The fourth-order valence-corrected chi connectivity index (χ4v) is 0. The Kier molecular flexibility index (Phi) is 12.1. The summed E-state index contributed by atoms with van der Waals surface area (Å²) in [7, 11) is 3.25. The highest BCUT2D eigenvalue weighted by Gasteiger charge is 1.55. The summed E-state index contributed by atoms with van der Waals surface area (Å²) in [5, 5.41) is 9.14. The number of carbonyl (C=O) groups excluding carboxylic acids is 1. The minimum absolute atomic E-state index is 0.722. The summed E-state index contributed by atoms with van der Waals surface area (Å²) in [6.07, 6.45) is 0.722. The summed E-state index contributed by atoms with van der Waals surface area (Å²) in [5.74, 6) is -1.23. The lowest BCUT2D eigenvalue weighted by molar-refractivity contribution is -0.297. The van der Waals surface area contributed by atoms with Gasteiger partial charge in [-0.3, -0.25) is 0 Å². The summed E-state index contributed by atoms with van der Waals surface area (Å²) < 4.78 is 4.25. The van der Waals surface area contributed by atoms with E-state index in [-0.39, 0.29) is 0 Å². The highest BCUT2D eigenvalue weighted by atomic mass is 16.4. The number of hydrogen-bond donors (Lipinski definition) is 0. The van der Waals surface area contributed by atoms with E-state index in [1.54, 1.807) is 14.2 Å². The SMILES string of the molecule is C=CC(=O)[O-].COC. The third-order valence-electron chi connectivity index (χ3n) is 0.167. The van der Waals surface area contributed by atoms with Crippen molar-refractivity contribution in [2.45, 2.75) is 0 Å². The summed E-state index contributed by atoms with van der Waals surface area (Å²) in [4.78, 5) is 9.14. The van der Waals surface area contributed by atoms with Crippen molar-refractivity contribution in [3.63, 3.8) is 0 Å². The maximum Gasteiger partial charge on any atom is 0.0636 e. The Bertz CT molecular complexity index is 68.1. The minimum atomic E-state index is -1.23. The maximum absolute atomic E-state index is 9.14. The van der Waals surface area contributed by atoms with Crippen molar-refractivity contribution in [2.75, 3.05) is 14.2 Å². The van der Waals surface area contributed by atoms with Gasteiger partial charge in [0.2, 0.25) is 0 Å². The van der Waals surface area contributed by atoms with Crippen molar-refractivity contribution < 1.29 is 14.6 Å². The normalized spacial score (nSPS) is 6.25. The second-order valence-electron chi connectivity index (χ2n) is 0.931. The lowest BCUT2D eigenvalue weighted by atomic mass is 10.7. The van der Waals surface area contributed by atoms with E-state index in [0.29, 0.717) is 0 Å². The van der Waals surface area contributed by atoms with E-state index in [2.05, 4.69) is 11.3 Å². The monoisotopic (exact) mass is 117 g/mol. The first-order valence-corrected chi connectivity index (χ1v) is 1.92. The Labute approximate surface area is 48.6 Å². The average molecular weight is 117 g/mol. The molecule has 0 spiro atoms. The molecule has 0 heterocycles. The van der Waals surface area contributed by atoms with Crippen LogP contribution in [0.25, 0.3) is 0 Å². The summed E-state index contributed by atoms with van der Waals surface area (Å²) >= 11 is 0. The van der Waals surface area contributed by atoms with Crippen LogP contribution in [0.15, 0.2) is 12.7 Å². The zero-order valence-corrected chi connectivity index (χ0v) is 5.01. The fraction of sp³-hybridized carbons (Fsp3) is 0.400. The number of carbonyl (C=O) groups is 1. The van der Waals surface area contributed by atoms with Crippen LogP contribution in [-0.2, 0) is 9.53 Å². The predicted octanol–water partition coefficient (Wildman–Crippen LogP) is -0.815. The molecule has 0 aliphatic rings. The second kappa shape index (κ2) is 9.48. The number of carboxylic acids is 1. The zero-order chi connectivity index (χ0) is 6.99. The molecule has 0 N–H and O–H groups in total. The van der Waals surface area contributed by atoms with Gasteiger partial charge in [-0.2, -0.15) is 0 Å². The standard InChI is InChI=1S/C3H4O2.C2H6O/c1-2-3(4)5;1-3-2/h2H,1H2,(H,4,5);1-2H3/p-1. The molecule has 48 valence electrons. The Hall–Kier alpha value is -0.830. The van der Waals surface area contributed by atoms with Crippen LogP contribution >= 0.6 is 0 Å². The molecule has 0 amide bonds. The highest BCUT2D eigenvalue weighted by molar-refractivity contribution is 5.76. The average Bonchev–Trinajstić information content (AvgIpc) is 1.69. The van der Waals surface area contributed by atoms with Crippen molar-refractivity contribution in [2.24, 2.45) is 0 Å². The molecule has 0 aromatic carbocycles. The van der Waals surface area contributed by atoms with E-state index < -0.39 is 5.97 Å². The molecule has 0 saturated heterocycles. The molecule has 0 saturated carbocycles. The Morgan fingerprint density at radius 3 is 1.88 bits per heavy atom. The van der Waals surface area contributed by atoms with Gasteiger partial charge in [0.1, 0.15) is 0 Å². The van der Waals surface area contributed by atoms with Gasteiger partial charge in [-0.25, -0.2) is 0 Å². The maximum atomic E-state index is 9.14. The largest absolute Gasteiger partial charge is 0.545 e. The summed E-state index contributed by atoms with van der Waals surface area (Å²) in [6.45, 7) is 2.90. The van der Waals surface area contributed by atoms with E-state index >= 15 is 0 Å². The molecule has 0 unspecified atom stereocenters. The van der Waals surface area contributed by atoms with Gasteiger partial charge in [0.05, 0.1) is 5.97 Å². The lowest BCUT2D eigenvalue weighted by Gasteiger charge is -1.81. The number of hydrogen-bond acceptors (Lipinski definition) is 3. The van der Waals surface area contributed by atoms with Crippen LogP contribution in [0.5, 0.6) is 0 Å². The van der Waals surface area contributed by atoms with Crippen LogP contribution in [0, 0.1) is 0 Å². The third-order valence-corrected chi connectivity index (χ3v) is 0.167. The number of ether oxygens (including phenoxy) is 1. The lowest BCUT2D eigenvalue weighted by Crippen LogP contribution is -2.17. The van der Waals surface area contributed by atoms with Crippen LogP contribution in [0.1, 0.15) is 0 Å². The van der Waals surface area contributed by atoms with Gasteiger partial charge in [-0.15, -0.1) is 0 Å². The topological polar surface area (TPSA) is 49.4 Å². The van der Waals surface area contributed by atoms with Crippen LogP contribution in [0.2, 0.25) is 0 Å². The molecule has 0 aromatic rings. The number of methoxy groups -OCH3 is 1. The van der Waals surface area contributed by atoms with Gasteiger partial charge in [-0.05, 0) is 6.08 Å². The second-order valence-corrected chi connectivity index (χ2v) is 0.931. The molecule has 0 aliphatic carbocycles. The fourth-order valence-electron chi connectivity index (χ4n) is 0. The molecular weight excluding hydrogens is 108 g/mol. The highest BCUT2D eigenvalue weighted by Crippen LogP contribution is 1.47. The Balaban J connectivity index is 0. The van der Waals surface area contributed by atoms with Crippen molar-refractivity contribution in [1.29, 1.82) is 0 Å². The van der Waals surface area contributed by atoms with Crippen molar-refractivity contribution in [1.82, 2.24) is 0 Å². The van der Waals surface area contributed by atoms with Crippen LogP contribution in [0.4, 0.5) is 0 Å². The van der Waals surface area contributed by atoms with Crippen LogP contribution < -0.4 is 5.11 Å². The molecule has 0 aromatic heterocycles. The van der Waals surface area contributed by atoms with E-state index in [0.717, 1.165) is 6.08 Å². The predicted molar refractivity (Wildman–Crippen MR) is 28.1 cm³/mol. The zero-order valence-electron chi connectivity index (χ0n) is 5.01. The van der Waals surface area contributed by atoms with Gasteiger partial charge < -0.3 is 14.6 Å². The van der Waals surface area contributed by atoms with Crippen molar-refractivity contribution >= 4 is 5.97 Å². The first-order chi connectivity index (χ1) is 3.68. The molecule has 3 heteroatoms. The van der Waals surface area contributed by atoms with Gasteiger partial charge in [0.15, 0.2) is 0 Å². The van der Waals surface area contributed by atoms with Gasteiger partial charge in [0, 0.05) is 14.2 Å². The molecule has 0 atom stereocenters. The quantitative estimate of drug-likeness (QED) is 0.422. The minimum Gasteiger partial charge on any atom is -0.545 e. The molecule has 0 radical (unpaired) electrons. The smallest absolute Gasteiger partial charge is 0.0636 e. The first-order valence-electron chi connectivity index (χ1n) is 1.92. The molecule has 0 bridgehead atoms. The van der Waals surface area contributed by atoms with E-state index in [4.69, 9.17) is 9.90 Å². The number of rotatable bonds is 1. The van der Waals surface area contributed by atoms with Crippen LogP contribution in [-0.4, -0.2) is 20.2 Å². The number of carboxylic acid groups (broad SMARTS) is 1. The van der Waals surface area contributed by atoms with E-state index in [1.165, 1.54) is 0 Å². The van der Waals surface area contributed by atoms with Crippen molar-refractivity contribution in [3.05, 3.63) is 12.7 Å². The van der Waals surface area contributed by atoms with E-state index in [9.17, 15) is 0 Å². The summed E-state index contributed by atoms with van der Waals surface area (Å²) in [6, 6.07) is 0. The molecule has 0 aliphatic heterocycles. The van der Waals surface area contributed by atoms with Gasteiger partial charge in [0.25, 0.3) is 0 Å². The van der Waals surface area contributed by atoms with Crippen molar-refractivity contribution in [3.8, 4) is 0 Å². The molecule has 0 fully saturated rings. The Morgan fingerprint density at radius 2 is 1.88 bits per heavy atom. The first kappa shape index (κ1) is 10.2. The number of aliphatic carboxylic acids is 1. The van der Waals surface area contributed by atoms with E-state index in [1.807, 2.05) is 0 Å². The summed E-state index contributed by atoms with van der Waals surface area (Å²) in [5.41, 5.74) is 0. The van der Waals surface area contributed by atoms with Crippen LogP contribution in [0.3, 0.4) is 0 Å². The molecule has 0 rings (SSSR count). The Morgan fingerprint density at radius 1 is 1.75 bits per heavy atom. The molecule has 8 heavy (non-hydrogen) atoms. The molecular formula is C5H9O3-.